The molecule has 0 amide bonds. The molecule has 1 aliphatic heterocycles. The Morgan fingerprint density at radius 3 is 2.45 bits per heavy atom. The molecule has 1 aliphatic rings. The molecular weight excluding hydrogens is 308 g/mol. The third-order valence-electron chi connectivity index (χ3n) is 3.27. The van der Waals surface area contributed by atoms with Crippen molar-refractivity contribution in [3.05, 3.63) is 0 Å². The van der Waals surface area contributed by atoms with Crippen LogP contribution >= 0.6 is 0 Å². The summed E-state index contributed by atoms with van der Waals surface area (Å²) < 4.78 is 50.1. The fourth-order valence-electron chi connectivity index (χ4n) is 1.97. The SMILES string of the molecule is CC(C)N(C)S(=O)(=O)N1CCS(=O)(=O)CC1CC(=O)O. The zero-order chi connectivity index (χ0) is 15.7. The molecule has 0 aliphatic carbocycles. The van der Waals surface area contributed by atoms with Crippen molar-refractivity contribution in [2.75, 3.05) is 25.1 Å². The maximum atomic E-state index is 12.4. The second-order valence-corrected chi connectivity index (χ2v) is 9.26. The van der Waals surface area contributed by atoms with Gasteiger partial charge < -0.3 is 5.11 Å². The molecule has 8 nitrogen and oxygen atoms in total. The van der Waals surface area contributed by atoms with Gasteiger partial charge in [0.25, 0.3) is 10.2 Å². The van der Waals surface area contributed by atoms with Gasteiger partial charge >= 0.3 is 5.97 Å². The Morgan fingerprint density at radius 2 is 2.00 bits per heavy atom. The number of aliphatic carboxylic acids is 1. The van der Waals surface area contributed by atoms with Crippen LogP contribution in [0.15, 0.2) is 0 Å². The number of hydrogen-bond acceptors (Lipinski definition) is 5. The molecule has 0 spiro atoms. The lowest BCUT2D eigenvalue weighted by molar-refractivity contribution is -0.137. The van der Waals surface area contributed by atoms with Crippen molar-refractivity contribution in [2.45, 2.75) is 32.4 Å². The number of hydrogen-bond donors (Lipinski definition) is 1. The van der Waals surface area contributed by atoms with E-state index in [0.717, 1.165) is 8.61 Å². The topological polar surface area (TPSA) is 112 Å². The Hall–Kier alpha value is -0.710. The molecule has 0 saturated carbocycles. The molecule has 1 fully saturated rings. The van der Waals surface area contributed by atoms with E-state index >= 15 is 0 Å². The summed E-state index contributed by atoms with van der Waals surface area (Å²) in [6, 6.07) is -1.36. The highest BCUT2D eigenvalue weighted by atomic mass is 32.2. The Labute approximate surface area is 119 Å². The summed E-state index contributed by atoms with van der Waals surface area (Å²) in [6.07, 6.45) is -0.523. The first-order chi connectivity index (χ1) is 8.97. The standard InChI is InChI=1S/C10H20N2O6S2/c1-8(2)11(3)20(17,18)12-4-5-19(15,16)7-9(12)6-10(13)14/h8-9H,4-7H2,1-3H3,(H,13,14). The summed E-state index contributed by atoms with van der Waals surface area (Å²) in [5.74, 6) is -1.96. The molecule has 1 N–H and O–H groups in total. The first-order valence-corrected chi connectivity index (χ1v) is 9.36. The van der Waals surface area contributed by atoms with Crippen LogP contribution in [-0.2, 0) is 24.8 Å². The first-order valence-electron chi connectivity index (χ1n) is 6.14. The summed E-state index contributed by atoms with van der Waals surface area (Å²) >= 11 is 0. The van der Waals surface area contributed by atoms with Crippen molar-refractivity contribution in [1.82, 2.24) is 8.61 Å². The Balaban J connectivity index is 3.10. The van der Waals surface area contributed by atoms with E-state index in [2.05, 4.69) is 0 Å². The molecule has 1 unspecified atom stereocenters. The highest BCUT2D eigenvalue weighted by molar-refractivity contribution is 7.91. The van der Waals surface area contributed by atoms with Gasteiger partial charge in [0.1, 0.15) is 0 Å². The molecular formula is C10H20N2O6S2. The normalized spacial score (nSPS) is 24.1. The van der Waals surface area contributed by atoms with Gasteiger partial charge in [-0.15, -0.1) is 0 Å². The molecule has 0 aromatic heterocycles. The van der Waals surface area contributed by atoms with Crippen molar-refractivity contribution >= 4 is 26.0 Å². The first kappa shape index (κ1) is 17.3. The van der Waals surface area contributed by atoms with E-state index in [1.165, 1.54) is 7.05 Å². The lowest BCUT2D eigenvalue weighted by atomic mass is 10.2. The van der Waals surface area contributed by atoms with E-state index in [1.807, 2.05) is 0 Å². The van der Waals surface area contributed by atoms with Crippen LogP contribution in [0.1, 0.15) is 20.3 Å². The highest BCUT2D eigenvalue weighted by Crippen LogP contribution is 2.21. The lowest BCUT2D eigenvalue weighted by Gasteiger charge is -2.37. The van der Waals surface area contributed by atoms with Gasteiger partial charge in [0.15, 0.2) is 9.84 Å². The molecule has 0 aromatic rings. The summed E-state index contributed by atoms with van der Waals surface area (Å²) in [7, 11) is -5.88. The van der Waals surface area contributed by atoms with Crippen molar-refractivity contribution in [1.29, 1.82) is 0 Å². The van der Waals surface area contributed by atoms with Gasteiger partial charge in [-0.2, -0.15) is 17.0 Å². The minimum absolute atomic E-state index is 0.209. The maximum Gasteiger partial charge on any atom is 0.305 e. The highest BCUT2D eigenvalue weighted by Gasteiger charge is 2.41. The minimum Gasteiger partial charge on any atom is -0.481 e. The molecule has 1 saturated heterocycles. The van der Waals surface area contributed by atoms with Gasteiger partial charge in [0.2, 0.25) is 0 Å². The number of nitrogens with zero attached hydrogens (tertiary/aromatic N) is 2. The number of sulfone groups is 1. The van der Waals surface area contributed by atoms with E-state index in [-0.39, 0.29) is 18.3 Å². The fraction of sp³-hybridized carbons (Fsp3) is 0.900. The van der Waals surface area contributed by atoms with E-state index < -0.39 is 44.2 Å². The van der Waals surface area contributed by atoms with Gasteiger partial charge in [0, 0.05) is 19.6 Å². The van der Waals surface area contributed by atoms with Crippen molar-refractivity contribution in [3.8, 4) is 0 Å². The number of carboxylic acids is 1. The van der Waals surface area contributed by atoms with Gasteiger partial charge in [-0.05, 0) is 13.8 Å². The third kappa shape index (κ3) is 3.90. The van der Waals surface area contributed by atoms with Crippen LogP contribution < -0.4 is 0 Å². The van der Waals surface area contributed by atoms with E-state index in [0.29, 0.717) is 0 Å². The number of rotatable bonds is 5. The van der Waals surface area contributed by atoms with Crippen molar-refractivity contribution in [2.24, 2.45) is 0 Å². The minimum atomic E-state index is -3.87. The van der Waals surface area contributed by atoms with Gasteiger partial charge in [-0.25, -0.2) is 8.42 Å². The van der Waals surface area contributed by atoms with Crippen LogP contribution in [0.4, 0.5) is 0 Å². The molecule has 0 bridgehead atoms. The average Bonchev–Trinajstić information content (AvgIpc) is 2.25. The quantitative estimate of drug-likeness (QED) is 0.703. The van der Waals surface area contributed by atoms with Crippen LogP contribution in [0.5, 0.6) is 0 Å². The largest absolute Gasteiger partial charge is 0.481 e. The maximum absolute atomic E-state index is 12.4. The van der Waals surface area contributed by atoms with Crippen LogP contribution in [-0.4, -0.2) is 73.7 Å². The molecule has 1 rings (SSSR count). The lowest BCUT2D eigenvalue weighted by Crippen LogP contribution is -2.56. The Morgan fingerprint density at radius 1 is 1.45 bits per heavy atom. The molecule has 10 heteroatoms. The third-order valence-corrected chi connectivity index (χ3v) is 7.19. The molecule has 20 heavy (non-hydrogen) atoms. The summed E-state index contributed by atoms with van der Waals surface area (Å²) in [5.41, 5.74) is 0. The van der Waals surface area contributed by atoms with Crippen molar-refractivity contribution < 1.29 is 26.7 Å². The van der Waals surface area contributed by atoms with Gasteiger partial charge in [0.05, 0.1) is 24.0 Å². The summed E-state index contributed by atoms with van der Waals surface area (Å²) in [4.78, 5) is 10.8. The summed E-state index contributed by atoms with van der Waals surface area (Å²) in [5, 5.41) is 8.84. The van der Waals surface area contributed by atoms with E-state index in [9.17, 15) is 21.6 Å². The second kappa shape index (κ2) is 5.96. The molecule has 1 atom stereocenters. The zero-order valence-electron chi connectivity index (χ0n) is 11.7. The Bertz CT molecular complexity index is 569. The Kier molecular flexibility index (Phi) is 5.17. The van der Waals surface area contributed by atoms with Crippen LogP contribution in [0.25, 0.3) is 0 Å². The van der Waals surface area contributed by atoms with Crippen molar-refractivity contribution in [3.63, 3.8) is 0 Å². The van der Waals surface area contributed by atoms with Gasteiger partial charge in [-0.1, -0.05) is 0 Å². The molecule has 118 valence electrons. The van der Waals surface area contributed by atoms with Crippen LogP contribution in [0, 0.1) is 0 Å². The predicted molar refractivity (Wildman–Crippen MR) is 73.2 cm³/mol. The fourth-order valence-corrected chi connectivity index (χ4v) is 5.42. The van der Waals surface area contributed by atoms with Crippen LogP contribution in [0.3, 0.4) is 0 Å². The van der Waals surface area contributed by atoms with E-state index in [4.69, 9.17) is 5.11 Å². The number of carboxylic acid groups (broad SMARTS) is 1. The van der Waals surface area contributed by atoms with Gasteiger partial charge in [-0.3, -0.25) is 4.79 Å². The zero-order valence-corrected chi connectivity index (χ0v) is 13.3. The molecule has 0 aromatic carbocycles. The predicted octanol–water partition coefficient (Wildman–Crippen LogP) is -0.855. The van der Waals surface area contributed by atoms with E-state index in [1.54, 1.807) is 13.8 Å². The second-order valence-electron chi connectivity index (χ2n) is 5.09. The number of carbonyl (C=O) groups is 1. The average molecular weight is 328 g/mol. The molecule has 1 heterocycles. The van der Waals surface area contributed by atoms with Crippen LogP contribution in [0.2, 0.25) is 0 Å². The monoisotopic (exact) mass is 328 g/mol. The smallest absolute Gasteiger partial charge is 0.305 e. The summed E-state index contributed by atoms with van der Waals surface area (Å²) in [6.45, 7) is 3.16. The molecule has 0 radical (unpaired) electrons.